The molecule has 0 N–H and O–H groups in total. The van der Waals surface area contributed by atoms with Gasteiger partial charge in [-0.25, -0.2) is 0 Å². The molecule has 0 bridgehead atoms. The second kappa shape index (κ2) is 9.70. The number of hydrogen-bond donors (Lipinski definition) is 0. The third-order valence-electron chi connectivity index (χ3n) is 4.14. The number of benzene rings is 2. The number of ether oxygens (including phenoxy) is 3. The van der Waals surface area contributed by atoms with Crippen LogP contribution in [0.3, 0.4) is 0 Å². The average Bonchev–Trinajstić information content (AvgIpc) is 2.67. The van der Waals surface area contributed by atoms with Gasteiger partial charge in [0, 0.05) is 13.1 Å². The van der Waals surface area contributed by atoms with E-state index in [1.807, 2.05) is 47.4 Å². The fourth-order valence-electron chi connectivity index (χ4n) is 2.89. The predicted molar refractivity (Wildman–Crippen MR) is 102 cm³/mol. The molecule has 0 aliphatic heterocycles. The molecule has 0 atom stereocenters. The van der Waals surface area contributed by atoms with Crippen LogP contribution in [0.1, 0.15) is 24.5 Å². The van der Waals surface area contributed by atoms with Gasteiger partial charge in [-0.1, -0.05) is 37.3 Å². The Hall–Kier alpha value is -2.69. The van der Waals surface area contributed by atoms with Crippen LogP contribution in [0.4, 0.5) is 0 Å². The molecule has 140 valence electrons. The molecule has 0 unspecified atom stereocenters. The number of rotatable bonds is 9. The Kier molecular flexibility index (Phi) is 7.33. The second-order valence-corrected chi connectivity index (χ2v) is 6.01. The van der Waals surface area contributed by atoms with Gasteiger partial charge in [-0.15, -0.1) is 0 Å². The molecule has 0 saturated heterocycles. The molecular formula is C21H27NO4. The maximum absolute atomic E-state index is 12.9. The maximum atomic E-state index is 12.9. The fourth-order valence-corrected chi connectivity index (χ4v) is 2.89. The van der Waals surface area contributed by atoms with Crippen molar-refractivity contribution < 1.29 is 19.0 Å². The van der Waals surface area contributed by atoms with Gasteiger partial charge in [-0.3, -0.25) is 4.79 Å². The van der Waals surface area contributed by atoms with Crippen LogP contribution >= 0.6 is 0 Å². The molecule has 0 spiro atoms. The zero-order valence-corrected chi connectivity index (χ0v) is 16.0. The van der Waals surface area contributed by atoms with Crippen molar-refractivity contribution in [1.29, 1.82) is 0 Å². The molecule has 0 aliphatic rings. The topological polar surface area (TPSA) is 48.0 Å². The van der Waals surface area contributed by atoms with E-state index in [-0.39, 0.29) is 12.3 Å². The lowest BCUT2D eigenvalue weighted by molar-refractivity contribution is -0.131. The Labute approximate surface area is 155 Å². The highest BCUT2D eigenvalue weighted by Crippen LogP contribution is 2.38. The smallest absolute Gasteiger partial charge is 0.227 e. The number of amides is 1. The molecule has 0 radical (unpaired) electrons. The largest absolute Gasteiger partial charge is 0.493 e. The Morgan fingerprint density at radius 2 is 1.54 bits per heavy atom. The molecular weight excluding hydrogens is 330 g/mol. The number of carbonyl (C=O) groups is 1. The minimum absolute atomic E-state index is 0.0741. The molecule has 5 nitrogen and oxygen atoms in total. The van der Waals surface area contributed by atoms with Crippen LogP contribution in [0, 0.1) is 0 Å². The van der Waals surface area contributed by atoms with E-state index in [0.717, 1.165) is 24.1 Å². The summed E-state index contributed by atoms with van der Waals surface area (Å²) < 4.78 is 16.1. The van der Waals surface area contributed by atoms with Gasteiger partial charge in [0.25, 0.3) is 0 Å². The Bertz CT molecular complexity index is 690. The highest BCUT2D eigenvalue weighted by Gasteiger charge is 2.18. The molecule has 5 heteroatoms. The molecule has 0 fully saturated rings. The summed E-state index contributed by atoms with van der Waals surface area (Å²) in [6, 6.07) is 13.7. The van der Waals surface area contributed by atoms with Gasteiger partial charge in [0.1, 0.15) is 0 Å². The van der Waals surface area contributed by atoms with Crippen molar-refractivity contribution in [2.45, 2.75) is 26.3 Å². The normalized spacial score (nSPS) is 10.3. The van der Waals surface area contributed by atoms with E-state index in [0.29, 0.717) is 23.8 Å². The van der Waals surface area contributed by atoms with Crippen molar-refractivity contribution in [3.05, 3.63) is 53.6 Å². The van der Waals surface area contributed by atoms with Gasteiger partial charge in [0.05, 0.1) is 27.8 Å². The van der Waals surface area contributed by atoms with E-state index < -0.39 is 0 Å². The van der Waals surface area contributed by atoms with Gasteiger partial charge < -0.3 is 19.1 Å². The third kappa shape index (κ3) is 4.91. The minimum Gasteiger partial charge on any atom is -0.493 e. The summed E-state index contributed by atoms with van der Waals surface area (Å²) in [4.78, 5) is 14.8. The summed E-state index contributed by atoms with van der Waals surface area (Å²) in [7, 11) is 4.71. The summed E-state index contributed by atoms with van der Waals surface area (Å²) in [5, 5.41) is 0. The lowest BCUT2D eigenvalue weighted by Crippen LogP contribution is -2.32. The first-order valence-corrected chi connectivity index (χ1v) is 8.73. The Balaban J connectivity index is 2.20. The van der Waals surface area contributed by atoms with Gasteiger partial charge in [-0.05, 0) is 29.7 Å². The van der Waals surface area contributed by atoms with Crippen LogP contribution in [-0.2, 0) is 17.8 Å². The number of nitrogens with zero attached hydrogens (tertiary/aromatic N) is 1. The Morgan fingerprint density at radius 3 is 2.04 bits per heavy atom. The number of carbonyl (C=O) groups excluding carboxylic acids is 1. The summed E-state index contributed by atoms with van der Waals surface area (Å²) in [5.41, 5.74) is 1.96. The number of methoxy groups -OCH3 is 3. The van der Waals surface area contributed by atoms with Gasteiger partial charge >= 0.3 is 0 Å². The van der Waals surface area contributed by atoms with Gasteiger partial charge in [0.2, 0.25) is 11.7 Å². The fraction of sp³-hybridized carbons (Fsp3) is 0.381. The van der Waals surface area contributed by atoms with Crippen molar-refractivity contribution in [1.82, 2.24) is 4.90 Å². The first-order chi connectivity index (χ1) is 12.6. The average molecular weight is 357 g/mol. The molecule has 0 heterocycles. The summed E-state index contributed by atoms with van der Waals surface area (Å²) in [6.45, 7) is 3.40. The SMILES string of the molecule is CCCN(Cc1ccccc1)C(=O)Cc1cc(OC)c(OC)c(OC)c1. The quantitative estimate of drug-likeness (QED) is 0.687. The standard InChI is InChI=1S/C21H27NO4/c1-5-11-22(15-16-9-7-6-8-10-16)20(23)14-17-12-18(24-2)21(26-4)19(13-17)25-3/h6-10,12-13H,5,11,14-15H2,1-4H3. The van der Waals surface area contributed by atoms with E-state index in [2.05, 4.69) is 6.92 Å². The predicted octanol–water partition coefficient (Wildman–Crippen LogP) is 3.69. The van der Waals surface area contributed by atoms with Gasteiger partial charge in [0.15, 0.2) is 11.5 Å². The second-order valence-electron chi connectivity index (χ2n) is 6.01. The molecule has 2 rings (SSSR count). The molecule has 26 heavy (non-hydrogen) atoms. The lowest BCUT2D eigenvalue weighted by atomic mass is 10.1. The summed E-state index contributed by atoms with van der Waals surface area (Å²) in [6.07, 6.45) is 1.19. The van der Waals surface area contributed by atoms with Crippen molar-refractivity contribution in [2.24, 2.45) is 0 Å². The maximum Gasteiger partial charge on any atom is 0.227 e. The highest BCUT2D eigenvalue weighted by atomic mass is 16.5. The first-order valence-electron chi connectivity index (χ1n) is 8.73. The molecule has 2 aromatic carbocycles. The van der Waals surface area contributed by atoms with Crippen LogP contribution in [0.2, 0.25) is 0 Å². The van der Waals surface area contributed by atoms with Crippen molar-refractivity contribution in [3.63, 3.8) is 0 Å². The molecule has 2 aromatic rings. The van der Waals surface area contributed by atoms with Crippen LogP contribution < -0.4 is 14.2 Å². The van der Waals surface area contributed by atoms with Crippen molar-refractivity contribution >= 4 is 5.91 Å². The molecule has 1 amide bonds. The number of hydrogen-bond acceptors (Lipinski definition) is 4. The monoisotopic (exact) mass is 357 g/mol. The van der Waals surface area contributed by atoms with Crippen LogP contribution in [0.15, 0.2) is 42.5 Å². The lowest BCUT2D eigenvalue weighted by Gasteiger charge is -2.23. The minimum atomic E-state index is 0.0741. The van der Waals surface area contributed by atoms with Crippen LogP contribution in [-0.4, -0.2) is 38.7 Å². The zero-order valence-electron chi connectivity index (χ0n) is 16.0. The van der Waals surface area contributed by atoms with Gasteiger partial charge in [-0.2, -0.15) is 0 Å². The Morgan fingerprint density at radius 1 is 0.923 bits per heavy atom. The summed E-state index contributed by atoms with van der Waals surface area (Å²) in [5.74, 6) is 1.71. The van der Waals surface area contributed by atoms with Crippen LogP contribution in [0.5, 0.6) is 17.2 Å². The summed E-state index contributed by atoms with van der Waals surface area (Å²) >= 11 is 0. The highest BCUT2D eigenvalue weighted by molar-refractivity contribution is 5.79. The van der Waals surface area contributed by atoms with E-state index >= 15 is 0 Å². The van der Waals surface area contributed by atoms with Crippen LogP contribution in [0.25, 0.3) is 0 Å². The molecule has 0 saturated carbocycles. The van der Waals surface area contributed by atoms with Crippen molar-refractivity contribution in [3.8, 4) is 17.2 Å². The zero-order chi connectivity index (χ0) is 18.9. The first kappa shape index (κ1) is 19.6. The van der Waals surface area contributed by atoms with E-state index in [9.17, 15) is 4.79 Å². The van der Waals surface area contributed by atoms with E-state index in [4.69, 9.17) is 14.2 Å². The third-order valence-corrected chi connectivity index (χ3v) is 4.14. The van der Waals surface area contributed by atoms with E-state index in [1.165, 1.54) is 0 Å². The molecule has 0 aliphatic carbocycles. The van der Waals surface area contributed by atoms with E-state index in [1.54, 1.807) is 21.3 Å². The van der Waals surface area contributed by atoms with Crippen molar-refractivity contribution in [2.75, 3.05) is 27.9 Å². The molecule has 0 aromatic heterocycles.